The van der Waals surface area contributed by atoms with Gasteiger partial charge >= 0.3 is 0 Å². The first kappa shape index (κ1) is 68.5. The largest absolute Gasteiger partial charge is 0.0776 e. The van der Waals surface area contributed by atoms with Gasteiger partial charge < -0.3 is 0 Å². The van der Waals surface area contributed by atoms with E-state index >= 15 is 0 Å². The second kappa shape index (κ2) is 2400. The van der Waals surface area contributed by atoms with Gasteiger partial charge in [-0.3, -0.25) is 0 Å². The molecule has 0 rings (SSSR count). The van der Waals surface area contributed by atoms with Crippen molar-refractivity contribution in [2.24, 2.45) is 0 Å². The summed E-state index contributed by atoms with van der Waals surface area (Å²) < 4.78 is 0. The summed E-state index contributed by atoms with van der Waals surface area (Å²) in [5, 5.41) is 0. The van der Waals surface area contributed by atoms with Crippen molar-refractivity contribution >= 4 is 16.8 Å². The van der Waals surface area contributed by atoms with Gasteiger partial charge in [-0.25, -0.2) is 0 Å². The summed E-state index contributed by atoms with van der Waals surface area (Å²) in [6, 6.07) is 0. The van der Waals surface area contributed by atoms with Gasteiger partial charge in [0.1, 0.15) is 0 Å². The predicted octanol–water partition coefficient (Wildman–Crippen LogP) is 0.901. The standard InChI is InChI=1S/C2H6.CH4.2B/c1-2;;;/h1-2H3;1H4;;. The fourth-order valence-electron chi connectivity index (χ4n) is 0. The van der Waals surface area contributed by atoms with Gasteiger partial charge in [-0.1, -0.05) is 21.3 Å². The first-order valence-corrected chi connectivity index (χ1v) is 1.00. The average molecular weight is 67.7 g/mol. The molecule has 0 fully saturated rings. The lowest BCUT2D eigenvalue weighted by Gasteiger charge is -1.07. The van der Waals surface area contributed by atoms with E-state index in [1.54, 1.807) is 0 Å². The summed E-state index contributed by atoms with van der Waals surface area (Å²) in [5.74, 6) is 0. The maximum Gasteiger partial charge on any atom is 0 e. The molecular formula is C3H10B2. The van der Waals surface area contributed by atoms with Gasteiger partial charge in [0.15, 0.2) is 0 Å². The van der Waals surface area contributed by atoms with E-state index in [-0.39, 0.29) is 24.3 Å². The molecule has 0 aromatic rings. The molecule has 0 amide bonds. The van der Waals surface area contributed by atoms with Crippen molar-refractivity contribution < 1.29 is 0 Å². The molecule has 0 saturated carbocycles. The molecular weight excluding hydrogens is 57.7 g/mol. The Morgan fingerprint density at radius 3 is 0.800 bits per heavy atom. The molecule has 28 valence electrons. The Hall–Kier alpha value is 0.130. The minimum atomic E-state index is 0. The summed E-state index contributed by atoms with van der Waals surface area (Å²) in [5.41, 5.74) is 0. The van der Waals surface area contributed by atoms with Gasteiger partial charge in [-0.2, -0.15) is 0 Å². The molecule has 0 N–H and O–H groups in total. The van der Waals surface area contributed by atoms with Crippen LogP contribution in [0.2, 0.25) is 0 Å². The zero-order valence-corrected chi connectivity index (χ0v) is 3.15. The number of rotatable bonds is 0. The third-order valence-corrected chi connectivity index (χ3v) is 0. The van der Waals surface area contributed by atoms with E-state index in [0.29, 0.717) is 0 Å². The van der Waals surface area contributed by atoms with Crippen molar-refractivity contribution in [1.29, 1.82) is 0 Å². The summed E-state index contributed by atoms with van der Waals surface area (Å²) >= 11 is 0. The van der Waals surface area contributed by atoms with E-state index < -0.39 is 0 Å². The van der Waals surface area contributed by atoms with Crippen molar-refractivity contribution in [3.63, 3.8) is 0 Å². The second-order valence-electron chi connectivity index (χ2n) is 0. The van der Waals surface area contributed by atoms with Crippen molar-refractivity contribution in [2.75, 3.05) is 0 Å². The SMILES string of the molecule is C.CC.[B].[B]. The van der Waals surface area contributed by atoms with Crippen LogP contribution in [0, 0.1) is 0 Å². The van der Waals surface area contributed by atoms with Crippen molar-refractivity contribution in [2.45, 2.75) is 21.3 Å². The van der Waals surface area contributed by atoms with E-state index in [1.165, 1.54) is 0 Å². The molecule has 0 bridgehead atoms. The second-order valence-corrected chi connectivity index (χ2v) is 0. The lowest BCUT2D eigenvalue weighted by Crippen LogP contribution is -0.856. The van der Waals surface area contributed by atoms with Crippen LogP contribution in [0.25, 0.3) is 0 Å². The van der Waals surface area contributed by atoms with Crippen LogP contribution in [0.3, 0.4) is 0 Å². The first-order valence-electron chi connectivity index (χ1n) is 1.00. The van der Waals surface area contributed by atoms with E-state index in [0.717, 1.165) is 0 Å². The molecule has 0 heterocycles. The normalized spacial score (nSPS) is 1.20. The molecule has 0 saturated heterocycles. The molecule has 0 aliphatic heterocycles. The highest BCUT2D eigenvalue weighted by Gasteiger charge is 0.932. The number of hydrogen-bond donors (Lipinski definition) is 0. The van der Waals surface area contributed by atoms with Gasteiger partial charge in [0.25, 0.3) is 0 Å². The van der Waals surface area contributed by atoms with Gasteiger partial charge in [0.2, 0.25) is 0 Å². The zero-order chi connectivity index (χ0) is 2.00. The third kappa shape index (κ3) is 1110. The van der Waals surface area contributed by atoms with Gasteiger partial charge in [-0.05, 0) is 0 Å². The highest BCUT2D eigenvalue weighted by atomic mass is 13.0. The Kier molecular flexibility index (Phi) is 32900. The Morgan fingerprint density at radius 2 is 0.800 bits per heavy atom. The predicted molar refractivity (Wildman–Crippen MR) is 29.6 cm³/mol. The van der Waals surface area contributed by atoms with Crippen LogP contribution in [0.4, 0.5) is 0 Å². The highest BCUT2D eigenvalue weighted by Crippen LogP contribution is 1.14. The molecule has 0 nitrogen and oxygen atoms in total. The van der Waals surface area contributed by atoms with Crippen molar-refractivity contribution in [3.05, 3.63) is 0 Å². The monoisotopic (exact) mass is 68.1 g/mol. The zero-order valence-electron chi connectivity index (χ0n) is 3.15. The lowest BCUT2D eigenvalue weighted by atomic mass is 10.8. The average Bonchev–Trinajstić information content (AvgIpc) is 1.00. The molecule has 0 aromatic heterocycles. The first-order chi connectivity index (χ1) is 1.00. The summed E-state index contributed by atoms with van der Waals surface area (Å²) in [6.07, 6.45) is 0. The summed E-state index contributed by atoms with van der Waals surface area (Å²) in [6.45, 7) is 4.00. The Labute approximate surface area is 39.1 Å². The Balaban J connectivity index is -0.00000000167. The molecule has 0 aliphatic rings. The Bertz CT molecular complexity index is 4.85. The fourth-order valence-corrected chi connectivity index (χ4v) is 0. The molecule has 2 heteroatoms. The molecule has 0 spiro atoms. The van der Waals surface area contributed by atoms with Crippen LogP contribution in [0.1, 0.15) is 21.3 Å². The number of hydrogen-bond acceptors (Lipinski definition) is 0. The molecule has 0 aliphatic carbocycles. The fraction of sp³-hybridized carbons (Fsp3) is 1.00. The van der Waals surface area contributed by atoms with E-state index in [1.807, 2.05) is 13.8 Å². The van der Waals surface area contributed by atoms with Crippen LogP contribution >= 0.6 is 0 Å². The van der Waals surface area contributed by atoms with Gasteiger partial charge in [0.05, 0.1) is 0 Å². The quantitative estimate of drug-likeness (QED) is 0.370. The van der Waals surface area contributed by atoms with Crippen LogP contribution in [0.15, 0.2) is 0 Å². The van der Waals surface area contributed by atoms with Crippen molar-refractivity contribution in [1.82, 2.24) is 0 Å². The maximum absolute atomic E-state index is 2.00. The van der Waals surface area contributed by atoms with Crippen LogP contribution in [-0.4, -0.2) is 16.8 Å². The van der Waals surface area contributed by atoms with E-state index in [9.17, 15) is 0 Å². The van der Waals surface area contributed by atoms with E-state index in [4.69, 9.17) is 0 Å². The molecule has 0 unspecified atom stereocenters. The molecule has 5 heavy (non-hydrogen) atoms. The molecule has 0 aromatic carbocycles. The minimum Gasteiger partial charge on any atom is -0.0776 e. The highest BCUT2D eigenvalue weighted by molar-refractivity contribution is 5.76. The van der Waals surface area contributed by atoms with Crippen molar-refractivity contribution in [3.8, 4) is 0 Å². The topological polar surface area (TPSA) is 0 Å². The van der Waals surface area contributed by atoms with Gasteiger partial charge in [-0.15, -0.1) is 0 Å². The summed E-state index contributed by atoms with van der Waals surface area (Å²) in [4.78, 5) is 0. The summed E-state index contributed by atoms with van der Waals surface area (Å²) in [7, 11) is 0. The Morgan fingerprint density at radius 1 is 0.800 bits per heavy atom. The van der Waals surface area contributed by atoms with E-state index in [2.05, 4.69) is 0 Å². The van der Waals surface area contributed by atoms with Crippen LogP contribution < -0.4 is 0 Å². The maximum atomic E-state index is 2.00. The molecule has 0 atom stereocenters. The lowest BCUT2D eigenvalue weighted by molar-refractivity contribution is 1.50. The van der Waals surface area contributed by atoms with Crippen LogP contribution in [0.5, 0.6) is 0 Å². The molecule has 6 radical (unpaired) electrons. The minimum absolute atomic E-state index is 0. The van der Waals surface area contributed by atoms with Crippen LogP contribution in [-0.2, 0) is 0 Å². The van der Waals surface area contributed by atoms with Gasteiger partial charge in [0, 0.05) is 16.8 Å². The smallest absolute Gasteiger partial charge is 0 e. The third-order valence-electron chi connectivity index (χ3n) is 0.